The van der Waals surface area contributed by atoms with Crippen molar-refractivity contribution in [2.45, 2.75) is 63.6 Å². The van der Waals surface area contributed by atoms with E-state index in [1.54, 1.807) is 4.90 Å². The molecule has 1 unspecified atom stereocenters. The van der Waals surface area contributed by atoms with E-state index in [4.69, 9.17) is 16.1 Å². The molecule has 16 nitrogen and oxygen atoms in total. The van der Waals surface area contributed by atoms with Crippen molar-refractivity contribution in [3.05, 3.63) is 77.0 Å². The van der Waals surface area contributed by atoms with Gasteiger partial charge in [-0.15, -0.1) is 6.42 Å². The monoisotopic (exact) mass is 963 g/mol. The number of terminal acetylenes is 1. The number of aromatic hydroxyl groups is 1. The molecule has 0 bridgehead atoms. The number of imide groups is 1. The van der Waals surface area contributed by atoms with Gasteiger partial charge in [0.25, 0.3) is 5.91 Å². The number of benzene rings is 3. The van der Waals surface area contributed by atoms with Gasteiger partial charge in [0.15, 0.2) is 5.82 Å². The third-order valence-electron chi connectivity index (χ3n) is 15.5. The van der Waals surface area contributed by atoms with Crippen molar-refractivity contribution >= 4 is 50.9 Å². The lowest BCUT2D eigenvalue weighted by atomic mass is 9.95. The molecule has 71 heavy (non-hydrogen) atoms. The third kappa shape index (κ3) is 9.16. The van der Waals surface area contributed by atoms with Crippen molar-refractivity contribution in [2.75, 3.05) is 88.4 Å². The van der Waals surface area contributed by atoms with Gasteiger partial charge in [0.05, 0.1) is 30.0 Å². The quantitative estimate of drug-likeness (QED) is 0.113. The maximum Gasteiger partial charge on any atom is 0.319 e. The molecule has 4 saturated heterocycles. The number of fused-ring (bicyclic) bond motifs is 3. The molecular weight excluding hydrogens is 909 g/mol. The van der Waals surface area contributed by atoms with Crippen molar-refractivity contribution < 1.29 is 33.0 Å². The SMILES string of the molecule is C#Cc1c(F)ccc2cc(O)cc(-c3ncc4c(N5CCN[C@@H](CC#N)C5)nc(OCC5(CN6CCN(CC7CCN(c8ccc9c(c8)CN(C8CCC(=O)NC8=O)C9=O)CC7)CC6)CC5)nc4c3F)c12. The van der Waals surface area contributed by atoms with Gasteiger partial charge < -0.3 is 39.7 Å². The standard InChI is InChI=1S/C53H55F2N11O5/c1-2-38-42(54)6-3-33-24-37(67)25-40(45(33)38)47-46(55)48-41(26-58-47)49(65-18-15-57-35(29-65)9-14-56)61-52(60-48)71-31-53(12-13-53)30-63-21-19-62(20-22-63)27-32-10-16-64(17-11-32)36-4-5-39-34(23-36)28-66(51(39)70)43-7-8-44(68)59-50(43)69/h1,3-6,23-26,32,35,43,57,67H,7-13,15-22,27-31H2,(H,59,68,69)/t35-,43?/m0/s1. The van der Waals surface area contributed by atoms with Crippen molar-refractivity contribution in [3.8, 4) is 41.4 Å². The number of nitrogens with zero attached hydrogens (tertiary/aromatic N) is 9. The Morgan fingerprint density at radius 2 is 1.73 bits per heavy atom. The van der Waals surface area contributed by atoms with Gasteiger partial charge in [-0.05, 0) is 85.4 Å². The second-order valence-corrected chi connectivity index (χ2v) is 20.2. The number of halogens is 2. The van der Waals surface area contributed by atoms with Gasteiger partial charge in [-0.2, -0.15) is 15.2 Å². The summed E-state index contributed by atoms with van der Waals surface area (Å²) in [5.74, 6) is 0.973. The maximum absolute atomic E-state index is 17.1. The Morgan fingerprint density at radius 3 is 2.49 bits per heavy atom. The van der Waals surface area contributed by atoms with Gasteiger partial charge in [-0.3, -0.25) is 24.7 Å². The first kappa shape index (κ1) is 46.4. The number of hydrogen-bond donors (Lipinski definition) is 3. The zero-order chi connectivity index (χ0) is 49.0. The number of aromatic nitrogens is 3. The van der Waals surface area contributed by atoms with Crippen LogP contribution in [-0.2, 0) is 16.1 Å². The number of carbonyl (C=O) groups excluding carboxylic acids is 3. The predicted octanol–water partition coefficient (Wildman–Crippen LogP) is 4.96. The normalized spacial score (nSPS) is 21.9. The molecule has 5 aliphatic heterocycles. The fourth-order valence-electron chi connectivity index (χ4n) is 11.4. The second kappa shape index (κ2) is 19.0. The lowest BCUT2D eigenvalue weighted by Crippen LogP contribution is -2.52. The van der Waals surface area contributed by atoms with Crippen molar-refractivity contribution in [1.82, 2.24) is 40.3 Å². The Balaban J connectivity index is 0.726. The molecule has 11 rings (SSSR count). The first-order valence-electron chi connectivity index (χ1n) is 24.7. The molecule has 6 aliphatic rings. The van der Waals surface area contributed by atoms with Crippen LogP contribution >= 0.6 is 0 Å². The molecule has 5 fully saturated rings. The molecule has 0 radical (unpaired) electrons. The number of rotatable bonds is 12. The summed E-state index contributed by atoms with van der Waals surface area (Å²) >= 11 is 0. The number of amides is 3. The zero-order valence-electron chi connectivity index (χ0n) is 39.4. The minimum Gasteiger partial charge on any atom is -0.508 e. The summed E-state index contributed by atoms with van der Waals surface area (Å²) in [6.45, 7) is 9.96. The number of pyridine rings is 1. The highest BCUT2D eigenvalue weighted by molar-refractivity contribution is 6.06. The topological polar surface area (TPSA) is 183 Å². The van der Waals surface area contributed by atoms with Crippen LogP contribution in [0.3, 0.4) is 0 Å². The largest absolute Gasteiger partial charge is 0.508 e. The predicted molar refractivity (Wildman–Crippen MR) is 261 cm³/mol. The molecule has 7 heterocycles. The van der Waals surface area contributed by atoms with E-state index in [-0.39, 0.29) is 75.6 Å². The summed E-state index contributed by atoms with van der Waals surface area (Å²) in [6, 6.07) is 13.0. The first-order chi connectivity index (χ1) is 34.5. The van der Waals surface area contributed by atoms with Crippen LogP contribution in [0.15, 0.2) is 48.7 Å². The Kier molecular flexibility index (Phi) is 12.4. The van der Waals surface area contributed by atoms with E-state index in [1.807, 2.05) is 17.0 Å². The summed E-state index contributed by atoms with van der Waals surface area (Å²) in [4.78, 5) is 62.6. The minimum absolute atomic E-state index is 0.0277. The van der Waals surface area contributed by atoms with E-state index in [0.29, 0.717) is 67.3 Å². The molecule has 5 aromatic rings. The first-order valence-corrected chi connectivity index (χ1v) is 24.7. The van der Waals surface area contributed by atoms with E-state index >= 15 is 8.78 Å². The van der Waals surface area contributed by atoms with Gasteiger partial charge in [0, 0.05) is 125 Å². The summed E-state index contributed by atoms with van der Waals surface area (Å²) in [5.41, 5.74) is 2.43. The van der Waals surface area contributed by atoms with E-state index < -0.39 is 23.6 Å². The van der Waals surface area contributed by atoms with E-state index in [0.717, 1.165) is 89.3 Å². The highest BCUT2D eigenvalue weighted by Gasteiger charge is 2.46. The fraction of sp³-hybridized carbons (Fsp3) is 0.453. The van der Waals surface area contributed by atoms with Crippen LogP contribution in [-0.4, -0.2) is 143 Å². The van der Waals surface area contributed by atoms with Gasteiger partial charge in [0.2, 0.25) is 11.8 Å². The lowest BCUT2D eigenvalue weighted by molar-refractivity contribution is -0.136. The van der Waals surface area contributed by atoms with Crippen LogP contribution in [0.25, 0.3) is 32.9 Å². The molecule has 3 aromatic carbocycles. The summed E-state index contributed by atoms with van der Waals surface area (Å²) < 4.78 is 38.6. The second-order valence-electron chi connectivity index (χ2n) is 20.2. The van der Waals surface area contributed by atoms with Crippen LogP contribution in [0, 0.1) is 46.6 Å². The average Bonchev–Trinajstić information content (AvgIpc) is 4.07. The van der Waals surface area contributed by atoms with Crippen molar-refractivity contribution in [1.29, 1.82) is 5.26 Å². The number of phenols is 1. The number of anilines is 2. The van der Waals surface area contributed by atoms with E-state index in [1.165, 1.54) is 30.5 Å². The Morgan fingerprint density at radius 1 is 0.930 bits per heavy atom. The third-order valence-corrected chi connectivity index (χ3v) is 15.5. The van der Waals surface area contributed by atoms with Crippen LogP contribution in [0.2, 0.25) is 0 Å². The molecule has 18 heteroatoms. The number of carbonyl (C=O) groups is 3. The molecule has 0 spiro atoms. The molecule has 1 saturated carbocycles. The van der Waals surface area contributed by atoms with E-state index in [2.05, 4.69) is 53.4 Å². The molecule has 2 atom stereocenters. The van der Waals surface area contributed by atoms with Crippen LogP contribution in [0.5, 0.6) is 11.8 Å². The van der Waals surface area contributed by atoms with Gasteiger partial charge in [-0.1, -0.05) is 12.0 Å². The number of hydrogen-bond acceptors (Lipinski definition) is 14. The molecular formula is C53H55F2N11O5. The molecule has 1 aliphatic carbocycles. The summed E-state index contributed by atoms with van der Waals surface area (Å²) in [5, 5.41) is 26.9. The highest BCUT2D eigenvalue weighted by Crippen LogP contribution is 2.47. The number of piperidine rings is 2. The number of nitrogens with one attached hydrogen (secondary N) is 2. The number of nitriles is 1. The summed E-state index contributed by atoms with van der Waals surface area (Å²) in [7, 11) is 0. The van der Waals surface area contributed by atoms with Crippen LogP contribution < -0.4 is 25.2 Å². The van der Waals surface area contributed by atoms with Crippen LogP contribution in [0.1, 0.15) is 66.4 Å². The highest BCUT2D eigenvalue weighted by atomic mass is 19.1. The maximum atomic E-state index is 17.1. The smallest absolute Gasteiger partial charge is 0.319 e. The van der Waals surface area contributed by atoms with Gasteiger partial charge in [0.1, 0.15) is 34.6 Å². The van der Waals surface area contributed by atoms with Gasteiger partial charge in [-0.25, -0.2) is 8.78 Å². The van der Waals surface area contributed by atoms with Crippen molar-refractivity contribution in [3.63, 3.8) is 0 Å². The van der Waals surface area contributed by atoms with Crippen molar-refractivity contribution in [2.24, 2.45) is 11.3 Å². The zero-order valence-corrected chi connectivity index (χ0v) is 39.4. The van der Waals surface area contributed by atoms with E-state index in [9.17, 15) is 24.8 Å². The Bertz CT molecular complexity index is 3050. The average molecular weight is 964 g/mol. The number of piperazine rings is 2. The summed E-state index contributed by atoms with van der Waals surface area (Å²) in [6.07, 6.45) is 12.2. The number of ether oxygens (including phenoxy) is 1. The lowest BCUT2D eigenvalue weighted by Gasteiger charge is -2.40. The van der Waals surface area contributed by atoms with Crippen LogP contribution in [0.4, 0.5) is 20.3 Å². The number of phenolic OH excluding ortho intramolecular Hbond substituents is 1. The minimum atomic E-state index is -0.789. The molecule has 366 valence electrons. The molecule has 2 aromatic heterocycles. The molecule has 3 N–H and O–H groups in total. The Labute approximate surface area is 409 Å². The fourth-order valence-corrected chi connectivity index (χ4v) is 11.4. The Hall–Kier alpha value is -6.99. The van der Waals surface area contributed by atoms with Gasteiger partial charge >= 0.3 is 6.01 Å². The molecule has 3 amide bonds.